The third-order valence-electron chi connectivity index (χ3n) is 11.7. The lowest BCUT2D eigenvalue weighted by Gasteiger charge is -2.44. The molecule has 4 saturated heterocycles. The number of nitrogens with zero attached hydrogens (tertiary/aromatic N) is 4. The topological polar surface area (TPSA) is 110 Å². The zero-order valence-corrected chi connectivity index (χ0v) is 28.9. The Morgan fingerprint density at radius 2 is 1.55 bits per heavy atom. The molecular formula is C36H45F2N5O5S. The van der Waals surface area contributed by atoms with E-state index in [1.807, 2.05) is 23.1 Å². The number of carbonyl (C=O) groups excluding carboxylic acids is 3. The molecular weight excluding hydrogens is 652 g/mol. The summed E-state index contributed by atoms with van der Waals surface area (Å²) in [6.07, 6.45) is 2.82. The number of halogens is 2. The zero-order chi connectivity index (χ0) is 34.7. The highest BCUT2D eigenvalue weighted by atomic mass is 32.2. The van der Waals surface area contributed by atoms with Crippen LogP contribution in [0.25, 0.3) is 0 Å². The van der Waals surface area contributed by atoms with Gasteiger partial charge in [-0.15, -0.1) is 0 Å². The van der Waals surface area contributed by atoms with Crippen LogP contribution in [0.5, 0.6) is 0 Å². The van der Waals surface area contributed by atoms with Gasteiger partial charge in [0.25, 0.3) is 5.91 Å². The van der Waals surface area contributed by atoms with E-state index in [2.05, 4.69) is 22.3 Å². The second kappa shape index (κ2) is 12.7. The maximum atomic E-state index is 14.0. The molecule has 4 aliphatic heterocycles. The van der Waals surface area contributed by atoms with Gasteiger partial charge in [-0.3, -0.25) is 19.4 Å². The number of fused-ring (bicyclic) bond motifs is 2. The van der Waals surface area contributed by atoms with Gasteiger partial charge >= 0.3 is 6.03 Å². The molecule has 13 heteroatoms. The van der Waals surface area contributed by atoms with E-state index < -0.39 is 27.5 Å². The smallest absolute Gasteiger partial charge is 0.325 e. The van der Waals surface area contributed by atoms with Gasteiger partial charge in [0.2, 0.25) is 21.9 Å². The Balaban J connectivity index is 1.03. The molecule has 5 aliphatic rings. The number of urea groups is 1. The molecule has 264 valence electrons. The van der Waals surface area contributed by atoms with E-state index in [4.69, 9.17) is 0 Å². The first-order valence-corrected chi connectivity index (χ1v) is 18.8. The summed E-state index contributed by atoms with van der Waals surface area (Å²) in [5, 5.41) is 3.06. The summed E-state index contributed by atoms with van der Waals surface area (Å²) in [5.41, 5.74) is 0.848. The second-order valence-electron chi connectivity index (χ2n) is 15.0. The van der Waals surface area contributed by atoms with Gasteiger partial charge in [-0.1, -0.05) is 42.5 Å². The number of amides is 4. The van der Waals surface area contributed by atoms with Crippen molar-refractivity contribution in [2.24, 2.45) is 11.8 Å². The van der Waals surface area contributed by atoms with E-state index in [1.54, 1.807) is 12.1 Å². The van der Waals surface area contributed by atoms with Crippen LogP contribution in [0.3, 0.4) is 0 Å². The molecule has 4 heterocycles. The number of carbonyl (C=O) groups is 3. The van der Waals surface area contributed by atoms with Crippen LogP contribution in [-0.2, 0) is 26.2 Å². The van der Waals surface area contributed by atoms with Crippen molar-refractivity contribution in [1.29, 1.82) is 0 Å². The van der Waals surface area contributed by atoms with Gasteiger partial charge in [0.15, 0.2) is 0 Å². The van der Waals surface area contributed by atoms with E-state index in [1.165, 1.54) is 36.7 Å². The van der Waals surface area contributed by atoms with Crippen LogP contribution in [0.1, 0.15) is 68.4 Å². The minimum Gasteiger partial charge on any atom is -0.341 e. The van der Waals surface area contributed by atoms with Gasteiger partial charge in [-0.05, 0) is 67.7 Å². The van der Waals surface area contributed by atoms with Crippen molar-refractivity contribution in [3.63, 3.8) is 0 Å². The fourth-order valence-corrected chi connectivity index (χ4v) is 9.93. The lowest BCUT2D eigenvalue weighted by atomic mass is 9.81. The van der Waals surface area contributed by atoms with E-state index in [0.717, 1.165) is 23.7 Å². The quantitative estimate of drug-likeness (QED) is 0.410. The van der Waals surface area contributed by atoms with Crippen LogP contribution in [0.2, 0.25) is 0 Å². The summed E-state index contributed by atoms with van der Waals surface area (Å²) in [6, 6.07) is 16.2. The van der Waals surface area contributed by atoms with Gasteiger partial charge in [0, 0.05) is 70.5 Å². The average molecular weight is 698 g/mol. The predicted octanol–water partition coefficient (Wildman–Crippen LogP) is 4.42. The molecule has 2 unspecified atom stereocenters. The first-order chi connectivity index (χ1) is 23.3. The summed E-state index contributed by atoms with van der Waals surface area (Å²) < 4.78 is 53.8. The Morgan fingerprint density at radius 3 is 2.16 bits per heavy atom. The fraction of sp³-hybridized carbons (Fsp3) is 0.583. The number of rotatable bonds is 8. The minimum atomic E-state index is -3.60. The van der Waals surface area contributed by atoms with Crippen LogP contribution in [0.15, 0.2) is 59.5 Å². The number of nitrogens with one attached hydrogen (secondary N) is 1. The van der Waals surface area contributed by atoms with Crippen molar-refractivity contribution in [3.8, 4) is 0 Å². The number of benzene rings is 2. The number of imide groups is 1. The molecule has 4 amide bonds. The fourth-order valence-electron chi connectivity index (χ4n) is 9.03. The first-order valence-electron chi connectivity index (χ1n) is 17.4. The Morgan fingerprint density at radius 1 is 0.918 bits per heavy atom. The molecule has 7 rings (SSSR count). The van der Waals surface area contributed by atoms with Gasteiger partial charge in [0.05, 0.1) is 11.4 Å². The van der Waals surface area contributed by atoms with Crippen LogP contribution in [-0.4, -0.2) is 103 Å². The highest BCUT2D eigenvalue weighted by Crippen LogP contribution is 2.46. The van der Waals surface area contributed by atoms with E-state index in [9.17, 15) is 31.6 Å². The van der Waals surface area contributed by atoms with Crippen molar-refractivity contribution in [1.82, 2.24) is 24.3 Å². The Hall–Kier alpha value is -3.42. The molecule has 1 aliphatic carbocycles. The normalized spacial score (nSPS) is 30.5. The molecule has 5 fully saturated rings. The van der Waals surface area contributed by atoms with Gasteiger partial charge in [-0.2, -0.15) is 0 Å². The van der Waals surface area contributed by atoms with E-state index in [0.29, 0.717) is 31.5 Å². The van der Waals surface area contributed by atoms with Crippen molar-refractivity contribution in [2.75, 3.05) is 33.7 Å². The maximum absolute atomic E-state index is 14.0. The molecule has 4 atom stereocenters. The van der Waals surface area contributed by atoms with Crippen LogP contribution >= 0.6 is 0 Å². The summed E-state index contributed by atoms with van der Waals surface area (Å²) >= 11 is 0. The zero-order valence-electron chi connectivity index (χ0n) is 28.1. The maximum Gasteiger partial charge on any atom is 0.325 e. The highest BCUT2D eigenvalue weighted by molar-refractivity contribution is 7.89. The largest absolute Gasteiger partial charge is 0.341 e. The number of hydrogen-bond donors (Lipinski definition) is 1. The third-order valence-corrected chi connectivity index (χ3v) is 13.5. The van der Waals surface area contributed by atoms with Crippen LogP contribution in [0.4, 0.5) is 13.6 Å². The molecule has 49 heavy (non-hydrogen) atoms. The van der Waals surface area contributed by atoms with Crippen molar-refractivity contribution < 1.29 is 31.6 Å². The minimum absolute atomic E-state index is 0.00665. The highest BCUT2D eigenvalue weighted by Gasteiger charge is 2.59. The molecule has 1 spiro atoms. The van der Waals surface area contributed by atoms with E-state index in [-0.39, 0.29) is 78.8 Å². The number of piperidine rings is 1. The summed E-state index contributed by atoms with van der Waals surface area (Å²) in [4.78, 5) is 46.6. The van der Waals surface area contributed by atoms with E-state index >= 15 is 0 Å². The SMILES string of the molecule is CN(C)S(=O)(=O)c1ccc(CN2C(=O)NC3(CC4CCC(C3)N4C[C@H]3CN(C(=O)C4CCC(F)(F)CC4)C[C@@H]3c3ccccc3)C2=O)cc1. The summed E-state index contributed by atoms with van der Waals surface area (Å²) in [7, 11) is -0.669. The number of alkyl halides is 2. The first kappa shape index (κ1) is 34.0. The molecule has 0 radical (unpaired) electrons. The lowest BCUT2D eigenvalue weighted by Crippen LogP contribution is -2.59. The molecule has 2 bridgehead atoms. The standard InChI is InChI=1S/C36H45F2N5O5S/c1-40(2)49(47,48)30-12-8-24(9-13-30)20-43-33(45)35(39-34(43)46)18-28-10-11-29(19-35)42(28)22-27-21-41(23-31(27)25-6-4-3-5-7-25)32(44)26-14-16-36(37,38)17-15-26/h3-9,12-13,26-29,31H,10-11,14-23H2,1-2H3,(H,39,46)/t27-,28?,29?,31-,35?/m1/s1. The number of likely N-dealkylation sites (tertiary alicyclic amines) is 1. The molecule has 2 aromatic carbocycles. The van der Waals surface area contributed by atoms with Crippen molar-refractivity contribution in [2.45, 2.75) is 92.3 Å². The molecule has 1 N–H and O–H groups in total. The van der Waals surface area contributed by atoms with Crippen molar-refractivity contribution in [3.05, 3.63) is 65.7 Å². The van der Waals surface area contributed by atoms with Gasteiger partial charge < -0.3 is 10.2 Å². The molecule has 1 saturated carbocycles. The Labute approximate surface area is 286 Å². The van der Waals surface area contributed by atoms with Crippen LogP contribution in [0, 0.1) is 11.8 Å². The Kier molecular flexibility index (Phi) is 8.84. The van der Waals surface area contributed by atoms with Crippen LogP contribution < -0.4 is 5.32 Å². The summed E-state index contributed by atoms with van der Waals surface area (Å²) in [6.45, 7) is 1.95. The third kappa shape index (κ3) is 6.38. The lowest BCUT2D eigenvalue weighted by molar-refractivity contribution is -0.139. The van der Waals surface area contributed by atoms with Gasteiger partial charge in [-0.25, -0.2) is 26.3 Å². The molecule has 0 aromatic heterocycles. The molecule has 2 aromatic rings. The van der Waals surface area contributed by atoms with Gasteiger partial charge in [0.1, 0.15) is 5.54 Å². The summed E-state index contributed by atoms with van der Waals surface area (Å²) in [5.74, 6) is -3.01. The number of sulfonamides is 1. The monoisotopic (exact) mass is 697 g/mol. The van der Waals surface area contributed by atoms with Crippen molar-refractivity contribution >= 4 is 27.9 Å². The second-order valence-corrected chi connectivity index (χ2v) is 17.1. The average Bonchev–Trinajstić information content (AvgIpc) is 3.67. The predicted molar refractivity (Wildman–Crippen MR) is 178 cm³/mol. The number of hydrogen-bond acceptors (Lipinski definition) is 6. The Bertz CT molecular complexity index is 1680. The molecule has 10 nitrogen and oxygen atoms in total.